The monoisotopic (exact) mass is 299 g/mol. The molecule has 1 aliphatic heterocycles. The summed E-state index contributed by atoms with van der Waals surface area (Å²) >= 11 is 0. The number of hydrogen-bond donors (Lipinski definition) is 0. The van der Waals surface area contributed by atoms with Crippen molar-refractivity contribution in [2.24, 2.45) is 0 Å². The normalized spacial score (nSPS) is 18.5. The van der Waals surface area contributed by atoms with Gasteiger partial charge in [-0.25, -0.2) is 0 Å². The molecule has 3 rings (SSSR count). The van der Waals surface area contributed by atoms with Crippen LogP contribution in [0.3, 0.4) is 0 Å². The number of nitrogens with zero attached hydrogens (tertiary/aromatic N) is 5. The van der Waals surface area contributed by atoms with E-state index in [2.05, 4.69) is 56.6 Å². The Morgan fingerprint density at radius 2 is 1.91 bits per heavy atom. The summed E-state index contributed by atoms with van der Waals surface area (Å²) in [6, 6.07) is 8.69. The zero-order chi connectivity index (χ0) is 15.4. The third-order valence-corrected chi connectivity index (χ3v) is 4.56. The molecule has 0 aliphatic carbocycles. The number of hydrogen-bond acceptors (Lipinski definition) is 4. The molecule has 2 aromatic heterocycles. The quantitative estimate of drug-likeness (QED) is 0.848. The van der Waals surface area contributed by atoms with Crippen LogP contribution in [0.4, 0.5) is 0 Å². The predicted molar refractivity (Wildman–Crippen MR) is 87.4 cm³/mol. The molecular formula is C17H25N5. The largest absolute Gasteiger partial charge is 0.295 e. The minimum absolute atomic E-state index is 0.393. The molecule has 1 fully saturated rings. The highest BCUT2D eigenvalue weighted by atomic mass is 15.3. The highest BCUT2D eigenvalue weighted by Crippen LogP contribution is 2.20. The van der Waals surface area contributed by atoms with Crippen molar-refractivity contribution < 1.29 is 0 Å². The number of aryl methyl sites for hydroxylation is 1. The number of aromatic nitrogens is 3. The first-order valence-electron chi connectivity index (χ1n) is 8.16. The highest BCUT2D eigenvalue weighted by Gasteiger charge is 2.23. The Labute approximate surface area is 132 Å². The topological polar surface area (TPSA) is 37.2 Å². The van der Waals surface area contributed by atoms with Gasteiger partial charge >= 0.3 is 0 Å². The van der Waals surface area contributed by atoms with E-state index in [4.69, 9.17) is 0 Å². The molecule has 0 spiro atoms. The average molecular weight is 299 g/mol. The molecule has 22 heavy (non-hydrogen) atoms. The Kier molecular flexibility index (Phi) is 4.85. The van der Waals surface area contributed by atoms with E-state index in [-0.39, 0.29) is 0 Å². The van der Waals surface area contributed by atoms with Crippen molar-refractivity contribution in [1.82, 2.24) is 24.6 Å². The van der Waals surface area contributed by atoms with Crippen LogP contribution in [-0.4, -0.2) is 50.7 Å². The number of rotatable bonds is 5. The van der Waals surface area contributed by atoms with E-state index >= 15 is 0 Å². The molecule has 2 aromatic rings. The van der Waals surface area contributed by atoms with E-state index in [9.17, 15) is 0 Å². The van der Waals surface area contributed by atoms with Gasteiger partial charge in [0.05, 0.1) is 11.4 Å². The molecule has 0 aromatic carbocycles. The van der Waals surface area contributed by atoms with Crippen LogP contribution in [0.15, 0.2) is 36.7 Å². The maximum Gasteiger partial charge on any atom is 0.0572 e. The van der Waals surface area contributed by atoms with Crippen molar-refractivity contribution in [2.75, 3.05) is 26.2 Å². The minimum atomic E-state index is 0.393. The minimum Gasteiger partial charge on any atom is -0.295 e. The lowest BCUT2D eigenvalue weighted by Crippen LogP contribution is -2.46. The fraction of sp³-hybridized carbons (Fsp3) is 0.529. The van der Waals surface area contributed by atoms with Gasteiger partial charge in [0.15, 0.2) is 0 Å². The Morgan fingerprint density at radius 1 is 1.09 bits per heavy atom. The smallest absolute Gasteiger partial charge is 0.0572 e. The first-order valence-corrected chi connectivity index (χ1v) is 8.16. The molecule has 0 N–H and O–H groups in total. The zero-order valence-electron chi connectivity index (χ0n) is 13.5. The van der Waals surface area contributed by atoms with Gasteiger partial charge < -0.3 is 0 Å². The average Bonchev–Trinajstić information content (AvgIpc) is 3.03. The molecule has 118 valence electrons. The molecule has 0 amide bonds. The third-order valence-electron chi connectivity index (χ3n) is 4.56. The van der Waals surface area contributed by atoms with Gasteiger partial charge in [-0.05, 0) is 32.0 Å². The van der Waals surface area contributed by atoms with Gasteiger partial charge in [0.2, 0.25) is 0 Å². The van der Waals surface area contributed by atoms with Crippen molar-refractivity contribution in [3.8, 4) is 0 Å². The van der Waals surface area contributed by atoms with Crippen LogP contribution in [0.5, 0.6) is 0 Å². The van der Waals surface area contributed by atoms with Gasteiger partial charge in [0, 0.05) is 57.7 Å². The summed E-state index contributed by atoms with van der Waals surface area (Å²) in [6.07, 6.45) is 3.78. The molecule has 1 aliphatic rings. The first kappa shape index (κ1) is 15.2. The molecule has 0 radical (unpaired) electrons. The summed E-state index contributed by atoms with van der Waals surface area (Å²) in [7, 11) is 0. The van der Waals surface area contributed by atoms with Crippen LogP contribution < -0.4 is 0 Å². The second-order valence-electron chi connectivity index (χ2n) is 5.88. The molecule has 0 bridgehead atoms. The SMILES string of the molecule is CCn1nccc1CN1CCN(C(C)c2ccccn2)CC1. The lowest BCUT2D eigenvalue weighted by atomic mass is 10.1. The predicted octanol–water partition coefficient (Wildman–Crippen LogP) is 2.18. The maximum absolute atomic E-state index is 4.49. The van der Waals surface area contributed by atoms with Gasteiger partial charge in [-0.15, -0.1) is 0 Å². The molecule has 5 heteroatoms. The number of piperazine rings is 1. The van der Waals surface area contributed by atoms with Crippen molar-refractivity contribution >= 4 is 0 Å². The summed E-state index contributed by atoms with van der Waals surface area (Å²) < 4.78 is 2.09. The van der Waals surface area contributed by atoms with E-state index < -0.39 is 0 Å². The molecule has 5 nitrogen and oxygen atoms in total. The van der Waals surface area contributed by atoms with Crippen LogP contribution in [0, 0.1) is 0 Å². The van der Waals surface area contributed by atoms with Gasteiger partial charge in [-0.1, -0.05) is 6.07 Å². The first-order chi connectivity index (χ1) is 10.8. The van der Waals surface area contributed by atoms with Gasteiger partial charge in [-0.2, -0.15) is 5.10 Å². The summed E-state index contributed by atoms with van der Waals surface area (Å²) in [5.74, 6) is 0. The maximum atomic E-state index is 4.49. The van der Waals surface area contributed by atoms with Crippen LogP contribution in [0.2, 0.25) is 0 Å². The lowest BCUT2D eigenvalue weighted by molar-refractivity contribution is 0.0947. The summed E-state index contributed by atoms with van der Waals surface area (Å²) in [4.78, 5) is 9.53. The van der Waals surface area contributed by atoms with E-state index in [1.165, 1.54) is 11.4 Å². The number of pyridine rings is 1. The Morgan fingerprint density at radius 3 is 2.59 bits per heavy atom. The molecule has 1 saturated heterocycles. The van der Waals surface area contributed by atoms with E-state index in [1.54, 1.807) is 0 Å². The fourth-order valence-corrected chi connectivity index (χ4v) is 3.13. The van der Waals surface area contributed by atoms with Crippen LogP contribution >= 0.6 is 0 Å². The van der Waals surface area contributed by atoms with E-state index in [1.807, 2.05) is 18.5 Å². The Hall–Kier alpha value is -1.72. The molecule has 1 atom stereocenters. The van der Waals surface area contributed by atoms with Gasteiger partial charge in [0.25, 0.3) is 0 Å². The van der Waals surface area contributed by atoms with Gasteiger partial charge in [0.1, 0.15) is 0 Å². The fourth-order valence-electron chi connectivity index (χ4n) is 3.13. The van der Waals surface area contributed by atoms with E-state index in [0.29, 0.717) is 6.04 Å². The summed E-state index contributed by atoms with van der Waals surface area (Å²) in [5, 5.41) is 4.35. The second kappa shape index (κ2) is 7.03. The van der Waals surface area contributed by atoms with Crippen LogP contribution in [0.1, 0.15) is 31.3 Å². The second-order valence-corrected chi connectivity index (χ2v) is 5.88. The lowest BCUT2D eigenvalue weighted by Gasteiger charge is -2.37. The Balaban J connectivity index is 1.54. The molecule has 1 unspecified atom stereocenters. The van der Waals surface area contributed by atoms with Crippen molar-refractivity contribution in [3.05, 3.63) is 48.0 Å². The van der Waals surface area contributed by atoms with Crippen molar-refractivity contribution in [1.29, 1.82) is 0 Å². The molecule has 3 heterocycles. The molecule has 0 saturated carbocycles. The van der Waals surface area contributed by atoms with Gasteiger partial charge in [-0.3, -0.25) is 19.5 Å². The third kappa shape index (κ3) is 3.36. The molecular weight excluding hydrogens is 274 g/mol. The highest BCUT2D eigenvalue weighted by molar-refractivity contribution is 5.08. The summed E-state index contributed by atoms with van der Waals surface area (Å²) in [5.41, 5.74) is 2.48. The standard InChI is InChI=1S/C17H25N5/c1-3-22-16(7-9-19-22)14-20-10-12-21(13-11-20)15(2)17-6-4-5-8-18-17/h4-9,15H,3,10-14H2,1-2H3. The van der Waals surface area contributed by atoms with Crippen molar-refractivity contribution in [3.63, 3.8) is 0 Å². The van der Waals surface area contributed by atoms with Crippen molar-refractivity contribution in [2.45, 2.75) is 33.0 Å². The zero-order valence-corrected chi connectivity index (χ0v) is 13.5. The van der Waals surface area contributed by atoms with E-state index in [0.717, 1.165) is 39.3 Å². The van der Waals surface area contributed by atoms with Crippen LogP contribution in [-0.2, 0) is 13.1 Å². The Bertz CT molecular complexity index is 572. The summed E-state index contributed by atoms with van der Waals surface area (Å²) in [6.45, 7) is 10.7. The van der Waals surface area contributed by atoms with Crippen LogP contribution in [0.25, 0.3) is 0 Å².